The third-order valence-corrected chi connectivity index (χ3v) is 4.60. The zero-order valence-electron chi connectivity index (χ0n) is 13.5. The van der Waals surface area contributed by atoms with Crippen LogP contribution in [0.4, 0.5) is 5.82 Å². The monoisotopic (exact) mass is 314 g/mol. The van der Waals surface area contributed by atoms with Gasteiger partial charge >= 0.3 is 0 Å². The molecule has 1 aromatic rings. The molecule has 0 spiro atoms. The molecule has 0 bridgehead atoms. The van der Waals surface area contributed by atoms with Gasteiger partial charge in [-0.3, -0.25) is 4.79 Å². The van der Waals surface area contributed by atoms with Crippen molar-refractivity contribution in [2.45, 2.75) is 19.8 Å². The van der Waals surface area contributed by atoms with Gasteiger partial charge in [0.05, 0.1) is 18.8 Å². The summed E-state index contributed by atoms with van der Waals surface area (Å²) in [4.78, 5) is 21.1. The molecule has 0 saturated carbocycles. The van der Waals surface area contributed by atoms with Crippen molar-refractivity contribution in [2.75, 3.05) is 44.3 Å². The Labute approximate surface area is 136 Å². The zero-order valence-corrected chi connectivity index (χ0v) is 13.5. The van der Waals surface area contributed by atoms with E-state index in [2.05, 4.69) is 16.0 Å². The van der Waals surface area contributed by atoms with Gasteiger partial charge in [-0.2, -0.15) is 5.26 Å². The fourth-order valence-electron chi connectivity index (χ4n) is 3.25. The van der Waals surface area contributed by atoms with Crippen LogP contribution in [0.5, 0.6) is 0 Å². The molecule has 0 N–H and O–H groups in total. The molecule has 0 unspecified atom stereocenters. The van der Waals surface area contributed by atoms with E-state index in [1.54, 1.807) is 0 Å². The molecule has 3 rings (SSSR count). The van der Waals surface area contributed by atoms with Gasteiger partial charge in [-0.15, -0.1) is 0 Å². The van der Waals surface area contributed by atoms with Crippen LogP contribution in [0.3, 0.4) is 0 Å². The maximum Gasteiger partial charge on any atom is 0.225 e. The lowest BCUT2D eigenvalue weighted by molar-refractivity contribution is -0.140. The fraction of sp³-hybridized carbons (Fsp3) is 0.588. The molecule has 0 radical (unpaired) electrons. The van der Waals surface area contributed by atoms with Crippen molar-refractivity contribution >= 4 is 11.7 Å². The Morgan fingerprint density at radius 1 is 1.26 bits per heavy atom. The fourth-order valence-corrected chi connectivity index (χ4v) is 3.25. The Morgan fingerprint density at radius 2 is 1.96 bits per heavy atom. The molecule has 2 fully saturated rings. The number of amides is 1. The summed E-state index contributed by atoms with van der Waals surface area (Å²) in [5, 5.41) is 9.26. The maximum absolute atomic E-state index is 12.6. The molecule has 122 valence electrons. The minimum absolute atomic E-state index is 0.0831. The average Bonchev–Trinajstić information content (AvgIpc) is 2.62. The van der Waals surface area contributed by atoms with Gasteiger partial charge in [0.1, 0.15) is 11.9 Å². The molecule has 0 aliphatic carbocycles. The summed E-state index contributed by atoms with van der Waals surface area (Å²) in [6.07, 6.45) is 1.63. The Kier molecular flexibility index (Phi) is 4.77. The van der Waals surface area contributed by atoms with Gasteiger partial charge in [-0.1, -0.05) is 0 Å². The molecule has 2 saturated heterocycles. The first kappa shape index (κ1) is 15.8. The Morgan fingerprint density at radius 3 is 2.61 bits per heavy atom. The first-order valence-corrected chi connectivity index (χ1v) is 8.18. The highest BCUT2D eigenvalue weighted by atomic mass is 16.5. The Bertz CT molecular complexity index is 612. The molecule has 1 amide bonds. The largest absolute Gasteiger partial charge is 0.378 e. The molecule has 3 heterocycles. The van der Waals surface area contributed by atoms with Crippen molar-refractivity contribution < 1.29 is 9.53 Å². The number of ether oxygens (including phenoxy) is 1. The van der Waals surface area contributed by atoms with E-state index in [1.165, 1.54) is 0 Å². The van der Waals surface area contributed by atoms with Crippen LogP contribution in [0.15, 0.2) is 12.1 Å². The summed E-state index contributed by atoms with van der Waals surface area (Å²) in [7, 11) is 0. The normalized spacial score (nSPS) is 19.5. The topological polar surface area (TPSA) is 69.5 Å². The van der Waals surface area contributed by atoms with Crippen LogP contribution in [-0.2, 0) is 9.53 Å². The molecule has 23 heavy (non-hydrogen) atoms. The van der Waals surface area contributed by atoms with Crippen LogP contribution in [0.2, 0.25) is 0 Å². The number of piperidine rings is 1. The lowest BCUT2D eigenvalue weighted by Gasteiger charge is -2.36. The van der Waals surface area contributed by atoms with Gasteiger partial charge in [-0.05, 0) is 31.9 Å². The second-order valence-electron chi connectivity index (χ2n) is 6.13. The predicted molar refractivity (Wildman–Crippen MR) is 86.0 cm³/mol. The van der Waals surface area contributed by atoms with E-state index in [-0.39, 0.29) is 11.8 Å². The van der Waals surface area contributed by atoms with Crippen molar-refractivity contribution in [3.8, 4) is 6.07 Å². The van der Waals surface area contributed by atoms with E-state index in [1.807, 2.05) is 24.0 Å². The van der Waals surface area contributed by atoms with E-state index in [9.17, 15) is 10.1 Å². The van der Waals surface area contributed by atoms with Gasteiger partial charge in [0.2, 0.25) is 5.91 Å². The van der Waals surface area contributed by atoms with E-state index >= 15 is 0 Å². The summed E-state index contributed by atoms with van der Waals surface area (Å²) < 4.78 is 5.31. The maximum atomic E-state index is 12.6. The lowest BCUT2D eigenvalue weighted by atomic mass is 9.95. The van der Waals surface area contributed by atoms with Crippen molar-refractivity contribution in [3.63, 3.8) is 0 Å². The number of nitrogens with zero attached hydrogens (tertiary/aromatic N) is 4. The molecule has 6 nitrogen and oxygen atoms in total. The summed E-state index contributed by atoms with van der Waals surface area (Å²) in [5.74, 6) is 1.09. The molecule has 0 atom stereocenters. The number of hydrogen-bond donors (Lipinski definition) is 0. The third kappa shape index (κ3) is 3.45. The second kappa shape index (κ2) is 6.97. The SMILES string of the molecule is Cc1ccc(C#N)c(N2CCC(C(=O)N3CCOCC3)CC2)n1. The van der Waals surface area contributed by atoms with E-state index in [0.29, 0.717) is 31.9 Å². The molecular weight excluding hydrogens is 292 g/mol. The number of hydrogen-bond acceptors (Lipinski definition) is 5. The lowest BCUT2D eigenvalue weighted by Crippen LogP contribution is -2.47. The smallest absolute Gasteiger partial charge is 0.225 e. The number of aromatic nitrogens is 1. The first-order valence-electron chi connectivity index (χ1n) is 8.18. The summed E-state index contributed by atoms with van der Waals surface area (Å²) in [6.45, 7) is 6.16. The standard InChI is InChI=1S/C17H22N4O2/c1-13-2-3-15(12-18)16(19-13)20-6-4-14(5-7-20)17(22)21-8-10-23-11-9-21/h2-3,14H,4-11H2,1H3. The molecule has 1 aromatic heterocycles. The van der Waals surface area contributed by atoms with Crippen molar-refractivity contribution in [2.24, 2.45) is 5.92 Å². The highest BCUT2D eigenvalue weighted by Gasteiger charge is 2.30. The molecular formula is C17H22N4O2. The van der Waals surface area contributed by atoms with Gasteiger partial charge in [-0.25, -0.2) is 4.98 Å². The van der Waals surface area contributed by atoms with Crippen LogP contribution in [0.1, 0.15) is 24.1 Å². The minimum atomic E-state index is 0.0831. The van der Waals surface area contributed by atoms with Crippen LogP contribution < -0.4 is 4.90 Å². The van der Waals surface area contributed by atoms with Gasteiger partial charge in [0.25, 0.3) is 0 Å². The number of rotatable bonds is 2. The number of pyridine rings is 1. The Hall–Kier alpha value is -2.13. The number of nitriles is 1. The average molecular weight is 314 g/mol. The van der Waals surface area contributed by atoms with Crippen LogP contribution in [0.25, 0.3) is 0 Å². The van der Waals surface area contributed by atoms with E-state index in [4.69, 9.17) is 4.74 Å². The van der Waals surface area contributed by atoms with Crippen molar-refractivity contribution in [3.05, 3.63) is 23.4 Å². The van der Waals surface area contributed by atoms with Crippen LogP contribution in [0, 0.1) is 24.2 Å². The quantitative estimate of drug-likeness (QED) is 0.824. The molecule has 6 heteroatoms. The van der Waals surface area contributed by atoms with Crippen molar-refractivity contribution in [1.29, 1.82) is 5.26 Å². The number of aryl methyl sites for hydroxylation is 1. The minimum Gasteiger partial charge on any atom is -0.378 e. The third-order valence-electron chi connectivity index (χ3n) is 4.60. The van der Waals surface area contributed by atoms with Gasteiger partial charge in [0.15, 0.2) is 0 Å². The van der Waals surface area contributed by atoms with Crippen molar-refractivity contribution in [1.82, 2.24) is 9.88 Å². The van der Waals surface area contributed by atoms with Gasteiger partial charge < -0.3 is 14.5 Å². The van der Waals surface area contributed by atoms with Crippen LogP contribution >= 0.6 is 0 Å². The summed E-state index contributed by atoms with van der Waals surface area (Å²) in [6, 6.07) is 5.89. The second-order valence-corrected chi connectivity index (χ2v) is 6.13. The molecule has 2 aliphatic heterocycles. The number of anilines is 1. The number of carbonyl (C=O) groups excluding carboxylic acids is 1. The summed E-state index contributed by atoms with van der Waals surface area (Å²) >= 11 is 0. The Balaban J connectivity index is 1.63. The highest BCUT2D eigenvalue weighted by Crippen LogP contribution is 2.26. The highest BCUT2D eigenvalue weighted by molar-refractivity contribution is 5.79. The zero-order chi connectivity index (χ0) is 16.2. The van der Waals surface area contributed by atoms with E-state index < -0.39 is 0 Å². The molecule has 0 aromatic carbocycles. The first-order chi connectivity index (χ1) is 11.2. The number of carbonyl (C=O) groups is 1. The predicted octanol–water partition coefficient (Wildman–Crippen LogP) is 1.34. The van der Waals surface area contributed by atoms with Crippen LogP contribution in [-0.4, -0.2) is 55.2 Å². The molecule has 2 aliphatic rings. The van der Waals surface area contributed by atoms with E-state index in [0.717, 1.165) is 37.4 Å². The summed E-state index contributed by atoms with van der Waals surface area (Å²) in [5.41, 5.74) is 1.51. The number of morpholine rings is 1. The van der Waals surface area contributed by atoms with Gasteiger partial charge in [0, 0.05) is 37.8 Å².